The van der Waals surface area contributed by atoms with Crippen molar-refractivity contribution in [3.63, 3.8) is 0 Å². The lowest BCUT2D eigenvalue weighted by molar-refractivity contribution is 0.0303. The lowest BCUT2D eigenvalue weighted by Gasteiger charge is -2.27. The molecule has 1 saturated heterocycles. The van der Waals surface area contributed by atoms with Gasteiger partial charge in [-0.3, -0.25) is 9.59 Å². The molecule has 23 rings (SSSR count). The molecule has 2 amide bonds. The lowest BCUT2D eigenvalue weighted by Crippen LogP contribution is -2.40. The van der Waals surface area contributed by atoms with E-state index in [9.17, 15) is 9.59 Å². The molecule has 1 saturated carbocycles. The number of hydrogen-bond acceptors (Lipinski definition) is 32. The average molecular weight is 1810 g/mol. The van der Waals surface area contributed by atoms with E-state index in [0.717, 1.165) is 146 Å². The summed E-state index contributed by atoms with van der Waals surface area (Å²) in [5.41, 5.74) is 52.4. The molecule has 0 spiro atoms. The summed E-state index contributed by atoms with van der Waals surface area (Å²) in [5, 5.41) is 42.5. The number of nitrogen functional groups attached to an aromatic ring is 6. The molecule has 1 aliphatic carbocycles. The molecule has 0 unspecified atom stereocenters. The van der Waals surface area contributed by atoms with Crippen molar-refractivity contribution >= 4 is 156 Å². The van der Waals surface area contributed by atoms with Crippen LogP contribution in [0.4, 0.5) is 34.9 Å². The normalized spacial score (nSPS) is 12.4. The Hall–Kier alpha value is -17.3. The molecule has 7 aromatic carbocycles. The summed E-state index contributed by atoms with van der Waals surface area (Å²) < 4.78 is 27.6. The van der Waals surface area contributed by atoms with Crippen LogP contribution in [0.2, 0.25) is 0 Å². The minimum atomic E-state index is -0.0567. The fraction of sp³-hybridized carbons (Fsp3) is 0.191. The van der Waals surface area contributed by atoms with Crippen molar-refractivity contribution in [2.24, 2.45) is 42.3 Å². The number of rotatable bonds is 12. The van der Waals surface area contributed by atoms with Gasteiger partial charge in [0.1, 0.15) is 124 Å². The number of ether oxygens (including phenoxy) is 3. The Bertz CT molecular complexity index is 8090. The number of benzene rings is 7. The molecule has 15 heterocycles. The van der Waals surface area contributed by atoms with Crippen molar-refractivity contribution in [2.45, 2.75) is 39.7 Å². The number of nitrogens with two attached hydrogens (primary N) is 6. The number of amides is 2. The monoisotopic (exact) mass is 1810 g/mol. The largest absolute Gasteiger partial charge is 0.497 e. The van der Waals surface area contributed by atoms with Crippen LogP contribution in [0.5, 0.6) is 11.5 Å². The second kappa shape index (κ2) is 37.0. The van der Waals surface area contributed by atoms with Crippen LogP contribution in [0, 0.1) is 13.8 Å². The predicted molar refractivity (Wildman–Crippen MR) is 517 cm³/mol. The second-order valence-electron chi connectivity index (χ2n) is 31.5. The summed E-state index contributed by atoms with van der Waals surface area (Å²) in [4.78, 5) is 85.2. The number of hydrogen-bond donors (Lipinski definition) is 7. The molecule has 2 aliphatic rings. The topological polar surface area (TPSA) is 521 Å². The van der Waals surface area contributed by atoms with Crippen LogP contribution in [0.3, 0.4) is 0 Å². The third-order valence-corrected chi connectivity index (χ3v) is 23.7. The minimum absolute atomic E-state index is 0.00499. The molecule has 2 fully saturated rings. The van der Waals surface area contributed by atoms with E-state index in [4.69, 9.17) is 48.6 Å². The molecule has 21 aromatic rings. The number of nitrogens with one attached hydrogen (secondary N) is 1. The quantitative estimate of drug-likeness (QED) is 0.0597. The van der Waals surface area contributed by atoms with Crippen LogP contribution in [0.1, 0.15) is 52.0 Å². The Labute approximate surface area is 767 Å². The maximum atomic E-state index is 12.7. The van der Waals surface area contributed by atoms with Gasteiger partial charge in [0.25, 0.3) is 11.8 Å². The number of fused-ring (bicyclic) bond motifs is 9. The lowest BCUT2D eigenvalue weighted by atomic mass is 10.0. The van der Waals surface area contributed by atoms with Gasteiger partial charge in [-0.15, -0.1) is 11.3 Å². The smallest absolute Gasteiger partial charge is 0.254 e. The van der Waals surface area contributed by atoms with Gasteiger partial charge in [0.05, 0.1) is 64.9 Å². The fourth-order valence-electron chi connectivity index (χ4n) is 16.0. The molecule has 0 radical (unpaired) electrons. The zero-order chi connectivity index (χ0) is 93.3. The molecule has 14 aromatic heterocycles. The van der Waals surface area contributed by atoms with E-state index in [1.807, 2.05) is 159 Å². The summed E-state index contributed by atoms with van der Waals surface area (Å²) in [6.45, 7) is 8.77. The Morgan fingerprint density at radius 2 is 0.806 bits per heavy atom. The maximum absolute atomic E-state index is 12.7. The van der Waals surface area contributed by atoms with E-state index in [1.165, 1.54) is 48.1 Å². The number of thiophene rings is 1. The molecule has 0 atom stereocenters. The van der Waals surface area contributed by atoms with Gasteiger partial charge in [-0.25, -0.2) is 97.9 Å². The van der Waals surface area contributed by atoms with Gasteiger partial charge < -0.3 is 58.8 Å². The zero-order valence-electron chi connectivity index (χ0n) is 74.5. The SMILES string of the molecule is CCOc1ccc2cc(-c3nn(C)c4ncnc(N)c34)ccc2c1.COc1ccc2cc(-c3nn(C)c4ncnc(N)c34)ccc2c1.Cc1ncc(-c2nn(C)c3ncnc(N)c23)c(C)n1.Cn1nc(-c2cccc(C(=O)N3CCOCC3)c2)c2c(N)ncnc21.Cn1nc(-c2cccc(C(=O)NC3CC3)c2)c2c(N)ncnc21.Cn1nc(-c2csc3ccccc23)c2c(N)ncnc21. The van der Waals surface area contributed by atoms with Gasteiger partial charge >= 0.3 is 0 Å². The molecular weight excluding hydrogens is 1720 g/mol. The summed E-state index contributed by atoms with van der Waals surface area (Å²) >= 11 is 1.70. The van der Waals surface area contributed by atoms with Gasteiger partial charge in [0, 0.05) is 128 Å². The van der Waals surface area contributed by atoms with Gasteiger partial charge in [0.15, 0.2) is 33.9 Å². The molecular formula is C94H90N34O5S. The highest BCUT2D eigenvalue weighted by Gasteiger charge is 2.28. The molecule has 672 valence electrons. The van der Waals surface area contributed by atoms with Gasteiger partial charge in [0.2, 0.25) is 0 Å². The first-order valence-corrected chi connectivity index (χ1v) is 43.3. The minimum Gasteiger partial charge on any atom is -0.497 e. The zero-order valence-corrected chi connectivity index (χ0v) is 75.3. The van der Waals surface area contributed by atoms with Crippen LogP contribution in [0.25, 0.3) is 165 Å². The van der Waals surface area contributed by atoms with Gasteiger partial charge in [-0.1, -0.05) is 78.9 Å². The third kappa shape index (κ3) is 17.4. The van der Waals surface area contributed by atoms with Crippen LogP contribution >= 0.6 is 11.3 Å². The summed E-state index contributed by atoms with van der Waals surface area (Å²) in [5.74, 6) is 4.89. The van der Waals surface area contributed by atoms with E-state index >= 15 is 0 Å². The molecule has 39 nitrogen and oxygen atoms in total. The average Bonchev–Trinajstić information content (AvgIpc) is 1.63. The molecule has 0 bridgehead atoms. The van der Waals surface area contributed by atoms with Gasteiger partial charge in [-0.05, 0) is 122 Å². The Morgan fingerprint density at radius 1 is 0.425 bits per heavy atom. The number of aromatic nitrogens is 26. The van der Waals surface area contributed by atoms with E-state index in [2.05, 4.69) is 147 Å². The van der Waals surface area contributed by atoms with Crippen molar-refractivity contribution in [1.29, 1.82) is 0 Å². The van der Waals surface area contributed by atoms with E-state index in [-0.39, 0.29) is 11.8 Å². The van der Waals surface area contributed by atoms with Crippen LogP contribution in [0.15, 0.2) is 195 Å². The Balaban J connectivity index is 0.000000108. The first-order chi connectivity index (χ1) is 64.9. The van der Waals surface area contributed by atoms with Crippen LogP contribution in [-0.4, -0.2) is 191 Å². The molecule has 40 heteroatoms. The maximum Gasteiger partial charge on any atom is 0.254 e. The molecule has 1 aliphatic heterocycles. The van der Waals surface area contributed by atoms with Crippen LogP contribution in [-0.2, 0) is 47.0 Å². The van der Waals surface area contributed by atoms with Crippen molar-refractivity contribution in [3.05, 3.63) is 218 Å². The van der Waals surface area contributed by atoms with Crippen molar-refractivity contribution < 1.29 is 23.8 Å². The second-order valence-corrected chi connectivity index (χ2v) is 32.4. The summed E-state index contributed by atoms with van der Waals surface area (Å²) in [6.07, 6.45) is 12.5. The van der Waals surface area contributed by atoms with Crippen molar-refractivity contribution in [2.75, 3.05) is 74.4 Å². The summed E-state index contributed by atoms with van der Waals surface area (Å²) in [6, 6.07) is 47.8. The number of carbonyl (C=O) groups excluding carboxylic acids is 2. The number of methoxy groups -OCH3 is 1. The summed E-state index contributed by atoms with van der Waals surface area (Å²) in [7, 11) is 12.7. The van der Waals surface area contributed by atoms with Crippen LogP contribution < -0.4 is 49.2 Å². The van der Waals surface area contributed by atoms with Crippen molar-refractivity contribution in [3.8, 4) is 79.0 Å². The standard InChI is InChI=1S/C18H17N5O.C17H18N6O2.C17H15N5O.C16H16N6O.C14H11N5S.C12H13N7/c1-3-24-14-7-6-11-8-13(5-4-12(11)9-14)16-15-17(19)20-10-21-18(15)23(2)22-16;1-22-16-13(15(18)19-10-20-16)14(21-22)11-3-2-4-12(9-11)17(24)23-5-7-25-8-6-23;1-22-17-14(16(18)19-9-20-17)15(21-22)12-4-3-11-8-13(23-2)6-5-10(11)7-12;1-22-15-12(14(17)18-8-19-15)13(21-22)9-3-2-4-10(7-9)16(23)20-11-5-6-11;1-19-14-11(13(15)16-7-17-14)12(18-19)9-6-20-10-5-3-2-4-8(9)10;1-6-8(4-14-7(2)17-6)10-9-11(13)15-5-16-12(9)19(3)18-10/h4-10H,3H2,1-2H3,(H2,19,20,21);2-4,9-10H,5-8H2,1H3,(H2,18,19,20);3-9H,1-2H3,(H2,18,19,20);2-4,7-8,11H,5-6H2,1H3,(H,20,23)(H2,17,18,19);2-7H,1H3,(H2,15,16,17);4-5H,1-3H3,(H2,13,15,16). The van der Waals surface area contributed by atoms with Crippen molar-refractivity contribution in [1.82, 2.24) is 139 Å². The number of morpholine rings is 1. The van der Waals surface area contributed by atoms with E-state index < -0.39 is 0 Å². The van der Waals surface area contributed by atoms with E-state index in [0.29, 0.717) is 130 Å². The third-order valence-electron chi connectivity index (χ3n) is 22.7. The first kappa shape index (κ1) is 87.4. The molecule has 13 N–H and O–H groups in total. The highest BCUT2D eigenvalue weighted by Crippen LogP contribution is 2.41. The number of carbonyl (C=O) groups is 2. The molecule has 134 heavy (non-hydrogen) atoms. The Morgan fingerprint density at radius 3 is 1.24 bits per heavy atom. The predicted octanol–water partition coefficient (Wildman–Crippen LogP) is 12.4. The van der Waals surface area contributed by atoms with E-state index in [1.54, 1.807) is 70.7 Å². The Kier molecular flexibility index (Phi) is 24.2. The highest BCUT2D eigenvalue weighted by atomic mass is 32.1. The fourth-order valence-corrected chi connectivity index (χ4v) is 16.9. The number of nitrogens with zero attached hydrogens (tertiary/aromatic N) is 27. The van der Waals surface area contributed by atoms with Gasteiger partial charge in [-0.2, -0.15) is 30.6 Å². The highest BCUT2D eigenvalue weighted by molar-refractivity contribution is 7.17. The number of aryl methyl sites for hydroxylation is 8. The number of anilines is 6. The first-order valence-electron chi connectivity index (χ1n) is 42.5.